The number of hydrogen-bond donors (Lipinski definition) is 1. The summed E-state index contributed by atoms with van der Waals surface area (Å²) in [6.45, 7) is 0. The number of amides is 1. The van der Waals surface area contributed by atoms with Crippen molar-refractivity contribution in [3.63, 3.8) is 0 Å². The maximum absolute atomic E-state index is 13.3. The largest absolute Gasteiger partial charge is 0.309 e. The summed E-state index contributed by atoms with van der Waals surface area (Å²) in [5.74, 6) is -1.82. The number of carbonyl (C=O) groups is 1. The van der Waals surface area contributed by atoms with E-state index >= 15 is 0 Å². The quantitative estimate of drug-likeness (QED) is 0.921. The predicted octanol–water partition coefficient (Wildman–Crippen LogP) is 2.33. The maximum Gasteiger partial charge on any atom is 0.225 e. The minimum absolute atomic E-state index is 0.0386. The van der Waals surface area contributed by atoms with Gasteiger partial charge in [-0.3, -0.25) is 9.78 Å². The molecule has 0 fully saturated rings. The van der Waals surface area contributed by atoms with Gasteiger partial charge >= 0.3 is 0 Å². The number of halogens is 2. The van der Waals surface area contributed by atoms with Crippen molar-refractivity contribution >= 4 is 11.7 Å². The van der Waals surface area contributed by atoms with E-state index in [1.54, 1.807) is 0 Å². The zero-order chi connectivity index (χ0) is 13.7. The summed E-state index contributed by atoms with van der Waals surface area (Å²) in [7, 11) is 0. The fraction of sp³-hybridized carbons (Fsp3) is 0.154. The highest BCUT2D eigenvalue weighted by Gasteiger charge is 2.10. The molecule has 98 valence electrons. The van der Waals surface area contributed by atoms with Crippen LogP contribution in [-0.4, -0.2) is 15.9 Å². The van der Waals surface area contributed by atoms with Crippen LogP contribution in [-0.2, 0) is 11.2 Å². The third-order valence-electron chi connectivity index (χ3n) is 2.48. The summed E-state index contributed by atoms with van der Waals surface area (Å²) in [5.41, 5.74) is 0.175. The number of nitrogens with zero attached hydrogens (tertiary/aromatic N) is 2. The Morgan fingerprint density at radius 2 is 2.11 bits per heavy atom. The van der Waals surface area contributed by atoms with Gasteiger partial charge in [-0.15, -0.1) is 0 Å². The van der Waals surface area contributed by atoms with Gasteiger partial charge in [-0.25, -0.2) is 13.8 Å². The molecule has 0 unspecified atom stereocenters. The van der Waals surface area contributed by atoms with E-state index < -0.39 is 11.6 Å². The van der Waals surface area contributed by atoms with Crippen LogP contribution in [0.25, 0.3) is 0 Å². The van der Waals surface area contributed by atoms with Gasteiger partial charge in [0.15, 0.2) is 17.5 Å². The number of nitrogens with one attached hydrogen (secondary N) is 1. The first-order valence-electron chi connectivity index (χ1n) is 5.65. The van der Waals surface area contributed by atoms with E-state index in [0.29, 0.717) is 5.82 Å². The highest BCUT2D eigenvalue weighted by atomic mass is 19.2. The van der Waals surface area contributed by atoms with Gasteiger partial charge in [0.05, 0.1) is 6.20 Å². The fourth-order valence-corrected chi connectivity index (χ4v) is 1.56. The van der Waals surface area contributed by atoms with Crippen molar-refractivity contribution in [3.05, 3.63) is 54.0 Å². The third kappa shape index (κ3) is 3.54. The van der Waals surface area contributed by atoms with Gasteiger partial charge in [-0.2, -0.15) is 0 Å². The summed E-state index contributed by atoms with van der Waals surface area (Å²) in [6, 6.07) is 3.90. The number of rotatable bonds is 4. The van der Waals surface area contributed by atoms with Crippen molar-refractivity contribution in [2.24, 2.45) is 0 Å². The standard InChI is InChI=1S/C13H11F2N3O/c14-10-3-1-2-9(13(10)15)4-5-12(19)18-11-8-16-6-7-17-11/h1-3,6-8H,4-5H2,(H,17,18,19). The third-order valence-corrected chi connectivity index (χ3v) is 2.48. The monoisotopic (exact) mass is 263 g/mol. The second-order valence-electron chi connectivity index (χ2n) is 3.85. The summed E-state index contributed by atoms with van der Waals surface area (Å²) >= 11 is 0. The highest BCUT2D eigenvalue weighted by molar-refractivity contribution is 5.89. The lowest BCUT2D eigenvalue weighted by atomic mass is 10.1. The van der Waals surface area contributed by atoms with Gasteiger partial charge in [0.2, 0.25) is 5.91 Å². The lowest BCUT2D eigenvalue weighted by molar-refractivity contribution is -0.116. The van der Waals surface area contributed by atoms with Crippen LogP contribution >= 0.6 is 0 Å². The second-order valence-corrected chi connectivity index (χ2v) is 3.85. The molecule has 0 spiro atoms. The van der Waals surface area contributed by atoms with Crippen LogP contribution in [0.5, 0.6) is 0 Å². The lowest BCUT2D eigenvalue weighted by Crippen LogP contribution is -2.13. The van der Waals surface area contributed by atoms with Gasteiger partial charge in [0.25, 0.3) is 0 Å². The Kier molecular flexibility index (Phi) is 4.12. The first-order valence-corrected chi connectivity index (χ1v) is 5.65. The molecule has 0 atom stereocenters. The van der Waals surface area contributed by atoms with Gasteiger partial charge < -0.3 is 5.32 Å². The van der Waals surface area contributed by atoms with Crippen molar-refractivity contribution in [2.75, 3.05) is 5.32 Å². The van der Waals surface area contributed by atoms with E-state index in [4.69, 9.17) is 0 Å². The molecule has 0 radical (unpaired) electrons. The summed E-state index contributed by atoms with van der Waals surface area (Å²) in [5, 5.41) is 2.52. The minimum atomic E-state index is -0.910. The SMILES string of the molecule is O=C(CCc1cccc(F)c1F)Nc1cnccn1. The van der Waals surface area contributed by atoms with Crippen LogP contribution in [0.3, 0.4) is 0 Å². The second kappa shape index (κ2) is 5.99. The van der Waals surface area contributed by atoms with Crippen molar-refractivity contribution in [2.45, 2.75) is 12.8 Å². The van der Waals surface area contributed by atoms with Gasteiger partial charge in [0, 0.05) is 18.8 Å². The van der Waals surface area contributed by atoms with Crippen molar-refractivity contribution in [3.8, 4) is 0 Å². The molecule has 19 heavy (non-hydrogen) atoms. The molecule has 0 saturated heterocycles. The van der Waals surface area contributed by atoms with Crippen LogP contribution in [0.2, 0.25) is 0 Å². The minimum Gasteiger partial charge on any atom is -0.309 e. The van der Waals surface area contributed by atoms with E-state index in [2.05, 4.69) is 15.3 Å². The highest BCUT2D eigenvalue weighted by Crippen LogP contribution is 2.13. The molecular formula is C13H11F2N3O. The maximum atomic E-state index is 13.3. The van der Waals surface area contributed by atoms with E-state index in [-0.39, 0.29) is 24.3 Å². The number of carbonyl (C=O) groups excluding carboxylic acids is 1. The Morgan fingerprint density at radius 3 is 2.84 bits per heavy atom. The van der Waals surface area contributed by atoms with Crippen LogP contribution in [0.4, 0.5) is 14.6 Å². The summed E-state index contributed by atoms with van der Waals surface area (Å²) in [6.07, 6.45) is 4.49. The predicted molar refractivity (Wildman–Crippen MR) is 65.3 cm³/mol. The molecule has 1 amide bonds. The van der Waals surface area contributed by atoms with Gasteiger partial charge in [-0.05, 0) is 18.1 Å². The number of benzene rings is 1. The Balaban J connectivity index is 1.92. The Morgan fingerprint density at radius 1 is 1.26 bits per heavy atom. The molecule has 6 heteroatoms. The molecule has 2 aromatic rings. The lowest BCUT2D eigenvalue weighted by Gasteiger charge is -2.05. The molecule has 0 aliphatic heterocycles. The number of aromatic nitrogens is 2. The molecule has 1 heterocycles. The molecule has 0 aliphatic carbocycles. The number of aryl methyl sites for hydroxylation is 1. The van der Waals surface area contributed by atoms with Crippen LogP contribution in [0, 0.1) is 11.6 Å². The molecule has 0 bridgehead atoms. The van der Waals surface area contributed by atoms with E-state index in [1.807, 2.05) is 0 Å². The van der Waals surface area contributed by atoms with Crippen LogP contribution < -0.4 is 5.32 Å². The topological polar surface area (TPSA) is 54.9 Å². The molecular weight excluding hydrogens is 252 g/mol. The zero-order valence-electron chi connectivity index (χ0n) is 9.94. The summed E-state index contributed by atoms with van der Waals surface area (Å²) in [4.78, 5) is 19.3. The smallest absolute Gasteiger partial charge is 0.225 e. The zero-order valence-corrected chi connectivity index (χ0v) is 9.94. The van der Waals surface area contributed by atoms with E-state index in [1.165, 1.54) is 30.7 Å². The molecule has 0 aliphatic rings. The normalized spacial score (nSPS) is 10.2. The molecule has 0 saturated carbocycles. The first kappa shape index (κ1) is 13.1. The number of anilines is 1. The van der Waals surface area contributed by atoms with Crippen molar-refractivity contribution in [1.29, 1.82) is 0 Å². The fourth-order valence-electron chi connectivity index (χ4n) is 1.56. The van der Waals surface area contributed by atoms with Gasteiger partial charge in [0.1, 0.15) is 0 Å². The van der Waals surface area contributed by atoms with E-state index in [0.717, 1.165) is 6.07 Å². The Labute approximate surface area is 108 Å². The molecule has 4 nitrogen and oxygen atoms in total. The Hall–Kier alpha value is -2.37. The first-order chi connectivity index (χ1) is 9.16. The van der Waals surface area contributed by atoms with Crippen LogP contribution in [0.15, 0.2) is 36.8 Å². The molecule has 2 rings (SSSR count). The molecule has 1 aromatic heterocycles. The average Bonchev–Trinajstić information content (AvgIpc) is 2.42. The van der Waals surface area contributed by atoms with Crippen molar-refractivity contribution < 1.29 is 13.6 Å². The molecule has 1 aromatic carbocycles. The van der Waals surface area contributed by atoms with E-state index in [9.17, 15) is 13.6 Å². The Bertz CT molecular complexity index is 575. The molecule has 1 N–H and O–H groups in total. The van der Waals surface area contributed by atoms with Gasteiger partial charge in [-0.1, -0.05) is 12.1 Å². The summed E-state index contributed by atoms with van der Waals surface area (Å²) < 4.78 is 26.3. The van der Waals surface area contributed by atoms with Crippen molar-refractivity contribution in [1.82, 2.24) is 9.97 Å². The van der Waals surface area contributed by atoms with Crippen LogP contribution in [0.1, 0.15) is 12.0 Å². The average molecular weight is 263 g/mol. The number of hydrogen-bond acceptors (Lipinski definition) is 3.